The average molecular weight is 300 g/mol. The molecule has 0 amide bonds. The molecule has 120 valence electrons. The van der Waals surface area contributed by atoms with Gasteiger partial charge < -0.3 is 5.11 Å². The summed E-state index contributed by atoms with van der Waals surface area (Å²) in [4.78, 5) is 12.7. The molecule has 4 rings (SSSR count). The van der Waals surface area contributed by atoms with Crippen LogP contribution >= 0.6 is 0 Å². The lowest BCUT2D eigenvalue weighted by molar-refractivity contribution is -0.119. The monoisotopic (exact) mass is 300 g/mol. The third kappa shape index (κ3) is 1.68. The van der Waals surface area contributed by atoms with E-state index in [2.05, 4.69) is 27.4 Å². The van der Waals surface area contributed by atoms with E-state index in [0.29, 0.717) is 11.7 Å². The number of aliphatic hydroxyl groups excluding tert-OH is 1. The van der Waals surface area contributed by atoms with Crippen molar-refractivity contribution >= 4 is 5.78 Å². The minimum absolute atomic E-state index is 0.00463. The molecule has 2 heteroatoms. The number of hydrogen-bond acceptors (Lipinski definition) is 2. The first-order valence-electron chi connectivity index (χ1n) is 8.89. The van der Waals surface area contributed by atoms with Crippen molar-refractivity contribution < 1.29 is 9.90 Å². The number of ketones is 1. The van der Waals surface area contributed by atoms with Crippen molar-refractivity contribution in [2.45, 2.75) is 65.4 Å². The summed E-state index contributed by atoms with van der Waals surface area (Å²) in [6, 6.07) is 0. The number of allylic oxidation sites excluding steroid dienone is 2. The van der Waals surface area contributed by atoms with Crippen LogP contribution in [-0.4, -0.2) is 17.0 Å². The molecule has 22 heavy (non-hydrogen) atoms. The van der Waals surface area contributed by atoms with Gasteiger partial charge in [-0.3, -0.25) is 4.79 Å². The lowest BCUT2D eigenvalue weighted by atomic mass is 9.47. The number of hydrogen-bond donors (Lipinski definition) is 1. The zero-order valence-electron chi connectivity index (χ0n) is 14.1. The smallest absolute Gasteiger partial charge is 0.165 e. The van der Waals surface area contributed by atoms with Gasteiger partial charge in [-0.25, -0.2) is 0 Å². The third-order valence-corrected chi connectivity index (χ3v) is 7.37. The Morgan fingerprint density at radius 1 is 1.18 bits per heavy atom. The van der Waals surface area contributed by atoms with Crippen molar-refractivity contribution in [1.29, 1.82) is 0 Å². The molecular formula is C20H28O2. The molecule has 2 saturated carbocycles. The standard InChI is InChI=1S/C20H28O2/c1-11-12-8-13-10-15(21)18-19(2,3)6-5-7-20(18,4)16(13)14(9-12)17(11)22/h12,14-15,18,21H,1,5-10H2,2-4H3/t12-,14?,15-,18+,20-/m0/s1. The van der Waals surface area contributed by atoms with Gasteiger partial charge >= 0.3 is 0 Å². The van der Waals surface area contributed by atoms with Gasteiger partial charge in [0.15, 0.2) is 5.78 Å². The Bertz CT molecular complexity index is 597. The first kappa shape index (κ1) is 14.7. The molecule has 0 aromatic rings. The molecular weight excluding hydrogens is 272 g/mol. The second-order valence-electron chi connectivity index (χ2n) is 9.10. The number of fused-ring (bicyclic) bond motifs is 5. The SMILES string of the molecule is C=C1C(=O)C2C[C@@H]1CC1=C2[C@]2(C)CCCC(C)(C)[C@H]2[C@@H](O)C1. The second-order valence-corrected chi connectivity index (χ2v) is 9.10. The summed E-state index contributed by atoms with van der Waals surface area (Å²) >= 11 is 0. The van der Waals surface area contributed by atoms with Crippen LogP contribution in [0.1, 0.15) is 59.3 Å². The molecule has 0 radical (unpaired) electrons. The highest BCUT2D eigenvalue weighted by Crippen LogP contribution is 2.64. The first-order valence-corrected chi connectivity index (χ1v) is 8.89. The average Bonchev–Trinajstić information content (AvgIpc) is 2.62. The van der Waals surface area contributed by atoms with Crippen LogP contribution in [0.2, 0.25) is 0 Å². The number of rotatable bonds is 0. The van der Waals surface area contributed by atoms with E-state index in [9.17, 15) is 9.90 Å². The summed E-state index contributed by atoms with van der Waals surface area (Å²) in [6.45, 7) is 11.0. The first-order chi connectivity index (χ1) is 10.3. The molecule has 0 aromatic carbocycles. The fraction of sp³-hybridized carbons (Fsp3) is 0.750. The summed E-state index contributed by atoms with van der Waals surface area (Å²) in [6.07, 6.45) is 5.99. The van der Waals surface area contributed by atoms with Crippen molar-refractivity contribution in [3.8, 4) is 0 Å². The molecule has 4 aliphatic carbocycles. The second kappa shape index (κ2) is 4.35. The van der Waals surface area contributed by atoms with Gasteiger partial charge in [-0.1, -0.05) is 44.9 Å². The maximum Gasteiger partial charge on any atom is 0.165 e. The normalized spacial score (nSPS) is 46.5. The molecule has 2 bridgehead atoms. The summed E-state index contributed by atoms with van der Waals surface area (Å²) in [5.41, 5.74) is 3.84. The van der Waals surface area contributed by atoms with Gasteiger partial charge in [-0.2, -0.15) is 0 Å². The van der Waals surface area contributed by atoms with Gasteiger partial charge in [0, 0.05) is 5.92 Å². The zero-order chi connectivity index (χ0) is 15.9. The van der Waals surface area contributed by atoms with E-state index >= 15 is 0 Å². The Morgan fingerprint density at radius 3 is 2.64 bits per heavy atom. The number of Topliss-reactive ketones (excluding diaryl/α,β-unsaturated/α-hetero) is 1. The van der Waals surface area contributed by atoms with E-state index < -0.39 is 0 Å². The van der Waals surface area contributed by atoms with E-state index in [1.807, 2.05) is 0 Å². The van der Waals surface area contributed by atoms with Gasteiger partial charge in [-0.15, -0.1) is 0 Å². The Morgan fingerprint density at radius 2 is 1.91 bits per heavy atom. The molecule has 4 aliphatic rings. The van der Waals surface area contributed by atoms with Crippen LogP contribution in [-0.2, 0) is 4.79 Å². The molecule has 0 aromatic heterocycles. The predicted molar refractivity (Wildman–Crippen MR) is 87.2 cm³/mol. The fourth-order valence-electron chi connectivity index (χ4n) is 6.77. The van der Waals surface area contributed by atoms with E-state index in [1.165, 1.54) is 24.0 Å². The highest BCUT2D eigenvalue weighted by atomic mass is 16.3. The van der Waals surface area contributed by atoms with Crippen LogP contribution in [0, 0.1) is 28.6 Å². The van der Waals surface area contributed by atoms with Crippen LogP contribution in [0.25, 0.3) is 0 Å². The molecule has 1 unspecified atom stereocenters. The van der Waals surface area contributed by atoms with Crippen molar-refractivity contribution in [1.82, 2.24) is 0 Å². The summed E-state index contributed by atoms with van der Waals surface area (Å²) in [5.74, 6) is 1.01. The maximum atomic E-state index is 12.7. The predicted octanol–water partition coefficient (Wildman–Crippen LogP) is 4.05. The Labute approximate surface area is 133 Å². The molecule has 0 saturated heterocycles. The zero-order valence-corrected chi connectivity index (χ0v) is 14.1. The Hall–Kier alpha value is -0.890. The van der Waals surface area contributed by atoms with Gasteiger partial charge in [0.2, 0.25) is 0 Å². The number of carbonyl (C=O) groups is 1. The summed E-state index contributed by atoms with van der Waals surface area (Å²) in [5, 5.41) is 10.9. The van der Waals surface area contributed by atoms with E-state index in [4.69, 9.17) is 0 Å². The summed E-state index contributed by atoms with van der Waals surface area (Å²) < 4.78 is 0. The highest BCUT2D eigenvalue weighted by molar-refractivity contribution is 6.02. The van der Waals surface area contributed by atoms with Crippen molar-refractivity contribution in [3.63, 3.8) is 0 Å². The summed E-state index contributed by atoms with van der Waals surface area (Å²) in [7, 11) is 0. The van der Waals surface area contributed by atoms with E-state index in [1.54, 1.807) is 0 Å². The molecule has 5 atom stereocenters. The minimum Gasteiger partial charge on any atom is -0.392 e. The third-order valence-electron chi connectivity index (χ3n) is 7.37. The van der Waals surface area contributed by atoms with Crippen LogP contribution in [0.5, 0.6) is 0 Å². The van der Waals surface area contributed by atoms with E-state index in [0.717, 1.165) is 31.3 Å². The van der Waals surface area contributed by atoms with Crippen LogP contribution in [0.15, 0.2) is 23.3 Å². The minimum atomic E-state index is -0.250. The fourth-order valence-corrected chi connectivity index (χ4v) is 6.77. The molecule has 0 aliphatic heterocycles. The van der Waals surface area contributed by atoms with Crippen molar-refractivity contribution in [3.05, 3.63) is 23.3 Å². The van der Waals surface area contributed by atoms with Gasteiger partial charge in [-0.05, 0) is 60.3 Å². The topological polar surface area (TPSA) is 37.3 Å². The van der Waals surface area contributed by atoms with Gasteiger partial charge in [0.1, 0.15) is 0 Å². The van der Waals surface area contributed by atoms with Crippen LogP contribution in [0.4, 0.5) is 0 Å². The lowest BCUT2D eigenvalue weighted by Gasteiger charge is -2.58. The molecule has 2 nitrogen and oxygen atoms in total. The molecule has 2 fully saturated rings. The van der Waals surface area contributed by atoms with Crippen LogP contribution in [0.3, 0.4) is 0 Å². The van der Waals surface area contributed by atoms with Gasteiger partial charge in [0.05, 0.1) is 6.10 Å². The molecule has 1 N–H and O–H groups in total. The van der Waals surface area contributed by atoms with Crippen LogP contribution < -0.4 is 0 Å². The quantitative estimate of drug-likeness (QED) is 0.541. The highest BCUT2D eigenvalue weighted by Gasteiger charge is 2.59. The Kier molecular flexibility index (Phi) is 2.90. The largest absolute Gasteiger partial charge is 0.392 e. The molecule has 0 heterocycles. The maximum absolute atomic E-state index is 12.7. The van der Waals surface area contributed by atoms with E-state index in [-0.39, 0.29) is 28.8 Å². The lowest BCUT2D eigenvalue weighted by Crippen LogP contribution is -2.53. The van der Waals surface area contributed by atoms with Gasteiger partial charge in [0.25, 0.3) is 0 Å². The Balaban J connectivity index is 1.87. The molecule has 0 spiro atoms. The van der Waals surface area contributed by atoms with Crippen molar-refractivity contribution in [2.75, 3.05) is 0 Å². The number of aliphatic hydroxyl groups is 1. The number of carbonyl (C=O) groups excluding carboxylic acids is 1. The van der Waals surface area contributed by atoms with Crippen molar-refractivity contribution in [2.24, 2.45) is 28.6 Å².